The molecule has 25 heavy (non-hydrogen) atoms. The third-order valence-corrected chi connectivity index (χ3v) is 5.52. The molecule has 9 heteroatoms. The van der Waals surface area contributed by atoms with Crippen molar-refractivity contribution in [2.45, 2.75) is 12.1 Å². The van der Waals surface area contributed by atoms with Crippen molar-refractivity contribution in [2.24, 2.45) is 0 Å². The molecular formula is C16H24ClN5O2S. The Morgan fingerprint density at radius 1 is 1.20 bits per heavy atom. The maximum atomic E-state index is 12.3. The molecule has 3 heterocycles. The summed E-state index contributed by atoms with van der Waals surface area (Å²) in [6.45, 7) is 9.68. The maximum Gasteiger partial charge on any atom is 0.233 e. The van der Waals surface area contributed by atoms with Gasteiger partial charge < -0.3 is 19.4 Å². The molecule has 2 aliphatic rings. The van der Waals surface area contributed by atoms with E-state index in [1.807, 2.05) is 4.90 Å². The van der Waals surface area contributed by atoms with E-state index < -0.39 is 0 Å². The van der Waals surface area contributed by atoms with Crippen LogP contribution in [0.15, 0.2) is 11.2 Å². The number of thioether (sulfide) groups is 1. The summed E-state index contributed by atoms with van der Waals surface area (Å²) < 4.78 is 5.28. The predicted octanol–water partition coefficient (Wildman–Crippen LogP) is 1.22. The van der Waals surface area contributed by atoms with Crippen LogP contribution in [0.5, 0.6) is 0 Å². The molecule has 1 amide bonds. The van der Waals surface area contributed by atoms with Gasteiger partial charge in [-0.25, -0.2) is 9.97 Å². The van der Waals surface area contributed by atoms with Crippen LogP contribution < -0.4 is 4.90 Å². The highest BCUT2D eigenvalue weighted by Gasteiger charge is 2.20. The SMILES string of the molecule is CCN1CCN(c2cc(Cl)nc(SCC(=O)N3CCOCC3)n2)CC1. The van der Waals surface area contributed by atoms with Crippen LogP contribution in [-0.2, 0) is 9.53 Å². The van der Waals surface area contributed by atoms with Crippen molar-refractivity contribution < 1.29 is 9.53 Å². The van der Waals surface area contributed by atoms with E-state index >= 15 is 0 Å². The minimum Gasteiger partial charge on any atom is -0.378 e. The summed E-state index contributed by atoms with van der Waals surface area (Å²) in [5, 5.41) is 0.978. The number of aromatic nitrogens is 2. The summed E-state index contributed by atoms with van der Waals surface area (Å²) in [5.41, 5.74) is 0. The fourth-order valence-corrected chi connectivity index (χ4v) is 3.92. The van der Waals surface area contributed by atoms with Crippen molar-refractivity contribution in [3.8, 4) is 0 Å². The summed E-state index contributed by atoms with van der Waals surface area (Å²) in [4.78, 5) is 27.6. The van der Waals surface area contributed by atoms with Crippen LogP contribution in [0.4, 0.5) is 5.82 Å². The molecule has 0 atom stereocenters. The zero-order valence-corrected chi connectivity index (χ0v) is 16.1. The summed E-state index contributed by atoms with van der Waals surface area (Å²) in [5.74, 6) is 1.26. The number of halogens is 1. The minimum absolute atomic E-state index is 0.0926. The highest BCUT2D eigenvalue weighted by atomic mass is 35.5. The van der Waals surface area contributed by atoms with Crippen molar-refractivity contribution in [1.29, 1.82) is 0 Å². The Morgan fingerprint density at radius 2 is 1.92 bits per heavy atom. The van der Waals surface area contributed by atoms with Crippen LogP contribution in [0.1, 0.15) is 6.92 Å². The molecule has 138 valence electrons. The first kappa shape index (κ1) is 18.7. The second kappa shape index (κ2) is 9.02. The molecule has 1 aromatic heterocycles. The van der Waals surface area contributed by atoms with E-state index in [4.69, 9.17) is 16.3 Å². The number of carbonyl (C=O) groups excluding carboxylic acids is 1. The number of amides is 1. The quantitative estimate of drug-likeness (QED) is 0.429. The Kier molecular flexibility index (Phi) is 6.75. The fourth-order valence-electron chi connectivity index (χ4n) is 2.94. The van der Waals surface area contributed by atoms with Crippen LogP contribution in [0.2, 0.25) is 5.15 Å². The van der Waals surface area contributed by atoms with Gasteiger partial charge in [0.05, 0.1) is 19.0 Å². The molecule has 0 aliphatic carbocycles. The molecule has 2 fully saturated rings. The topological polar surface area (TPSA) is 61.8 Å². The summed E-state index contributed by atoms with van der Waals surface area (Å²) in [6, 6.07) is 1.80. The standard InChI is InChI=1S/C16H24ClN5O2S/c1-2-20-3-5-21(6-4-20)14-11-13(17)18-16(19-14)25-12-15(23)22-7-9-24-10-8-22/h11H,2-10,12H2,1H3. The van der Waals surface area contributed by atoms with Crippen LogP contribution in [0.25, 0.3) is 0 Å². The number of piperazine rings is 1. The third-order valence-electron chi connectivity index (χ3n) is 4.49. The van der Waals surface area contributed by atoms with E-state index in [2.05, 4.69) is 26.7 Å². The Balaban J connectivity index is 1.58. The number of carbonyl (C=O) groups is 1. The van der Waals surface area contributed by atoms with Crippen LogP contribution in [0.3, 0.4) is 0 Å². The Bertz CT molecular complexity index is 592. The van der Waals surface area contributed by atoms with Gasteiger partial charge in [0.1, 0.15) is 11.0 Å². The predicted molar refractivity (Wildman–Crippen MR) is 99.5 cm³/mol. The first-order valence-electron chi connectivity index (χ1n) is 8.66. The lowest BCUT2D eigenvalue weighted by molar-refractivity contribution is -0.132. The fraction of sp³-hybridized carbons (Fsp3) is 0.688. The van der Waals surface area contributed by atoms with Gasteiger partial charge >= 0.3 is 0 Å². The Hall–Kier alpha value is -1.09. The molecule has 1 aromatic rings. The van der Waals surface area contributed by atoms with Gasteiger partial charge in [0.25, 0.3) is 0 Å². The van der Waals surface area contributed by atoms with Crippen molar-refractivity contribution in [2.75, 3.05) is 69.7 Å². The maximum absolute atomic E-state index is 12.3. The lowest BCUT2D eigenvalue weighted by Gasteiger charge is -2.34. The first-order valence-corrected chi connectivity index (χ1v) is 10.0. The lowest BCUT2D eigenvalue weighted by atomic mass is 10.3. The third kappa shape index (κ3) is 5.20. The number of ether oxygens (including phenoxy) is 1. The number of nitrogens with zero attached hydrogens (tertiary/aromatic N) is 5. The van der Waals surface area contributed by atoms with E-state index in [9.17, 15) is 4.79 Å². The van der Waals surface area contributed by atoms with E-state index in [-0.39, 0.29) is 5.91 Å². The molecule has 2 saturated heterocycles. The number of anilines is 1. The second-order valence-electron chi connectivity index (χ2n) is 6.03. The monoisotopic (exact) mass is 385 g/mol. The molecule has 3 rings (SSSR count). The van der Waals surface area contributed by atoms with Crippen molar-refractivity contribution in [3.05, 3.63) is 11.2 Å². The number of rotatable bonds is 5. The second-order valence-corrected chi connectivity index (χ2v) is 7.36. The molecule has 0 spiro atoms. The normalized spacial score (nSPS) is 19.3. The molecule has 0 N–H and O–H groups in total. The summed E-state index contributed by atoms with van der Waals surface area (Å²) >= 11 is 7.52. The average Bonchev–Trinajstić information content (AvgIpc) is 2.66. The van der Waals surface area contributed by atoms with Crippen molar-refractivity contribution >= 4 is 35.1 Å². The molecule has 0 unspecified atom stereocenters. The van der Waals surface area contributed by atoms with Gasteiger partial charge in [-0.05, 0) is 6.54 Å². The molecule has 0 saturated carbocycles. The molecule has 0 bridgehead atoms. The van der Waals surface area contributed by atoms with E-state index in [0.717, 1.165) is 38.5 Å². The Labute approximate surface area is 157 Å². The summed E-state index contributed by atoms with van der Waals surface area (Å²) in [6.07, 6.45) is 0. The zero-order valence-electron chi connectivity index (χ0n) is 14.5. The molecule has 0 aromatic carbocycles. The summed E-state index contributed by atoms with van der Waals surface area (Å²) in [7, 11) is 0. The van der Waals surface area contributed by atoms with Gasteiger partial charge in [0.15, 0.2) is 5.16 Å². The van der Waals surface area contributed by atoms with Gasteiger partial charge in [0, 0.05) is 45.3 Å². The van der Waals surface area contributed by atoms with E-state index in [1.165, 1.54) is 11.8 Å². The lowest BCUT2D eigenvalue weighted by Crippen LogP contribution is -2.46. The molecular weight excluding hydrogens is 362 g/mol. The van der Waals surface area contributed by atoms with Gasteiger partial charge in [-0.3, -0.25) is 4.79 Å². The molecule has 7 nitrogen and oxygen atoms in total. The number of likely N-dealkylation sites (N-methyl/N-ethyl adjacent to an activating group) is 1. The highest BCUT2D eigenvalue weighted by Crippen LogP contribution is 2.23. The Morgan fingerprint density at radius 3 is 2.60 bits per heavy atom. The van der Waals surface area contributed by atoms with Crippen molar-refractivity contribution in [1.82, 2.24) is 19.8 Å². The number of morpholine rings is 1. The van der Waals surface area contributed by atoms with E-state index in [1.54, 1.807) is 6.07 Å². The van der Waals surface area contributed by atoms with Crippen molar-refractivity contribution in [3.63, 3.8) is 0 Å². The van der Waals surface area contributed by atoms with Crippen LogP contribution >= 0.6 is 23.4 Å². The molecule has 0 radical (unpaired) electrons. The van der Waals surface area contributed by atoms with Crippen LogP contribution in [-0.4, -0.2) is 90.5 Å². The smallest absolute Gasteiger partial charge is 0.233 e. The largest absolute Gasteiger partial charge is 0.378 e. The van der Waals surface area contributed by atoms with Crippen LogP contribution in [0, 0.1) is 0 Å². The average molecular weight is 386 g/mol. The van der Waals surface area contributed by atoms with Gasteiger partial charge in [-0.1, -0.05) is 30.3 Å². The van der Waals surface area contributed by atoms with Gasteiger partial charge in [0.2, 0.25) is 5.91 Å². The zero-order chi connectivity index (χ0) is 17.6. The van der Waals surface area contributed by atoms with Gasteiger partial charge in [-0.15, -0.1) is 0 Å². The highest BCUT2D eigenvalue weighted by molar-refractivity contribution is 7.99. The molecule has 2 aliphatic heterocycles. The number of hydrogen-bond donors (Lipinski definition) is 0. The van der Waals surface area contributed by atoms with Gasteiger partial charge in [-0.2, -0.15) is 0 Å². The first-order chi connectivity index (χ1) is 12.2. The minimum atomic E-state index is 0.0926. The van der Waals surface area contributed by atoms with E-state index in [0.29, 0.717) is 42.4 Å². The number of hydrogen-bond acceptors (Lipinski definition) is 7.